The maximum Gasteiger partial charge on any atom is 0.333 e. The zero-order valence-electron chi connectivity index (χ0n) is 25.0. The van der Waals surface area contributed by atoms with Crippen molar-refractivity contribution in [2.45, 2.75) is 32.4 Å². The Bertz CT molecular complexity index is 1460. The maximum absolute atomic E-state index is 11.3. The van der Waals surface area contributed by atoms with E-state index in [1.54, 1.807) is 25.4 Å². The number of carboxylic acid groups (broad SMARTS) is 1. The van der Waals surface area contributed by atoms with E-state index in [0.717, 1.165) is 37.1 Å². The molecule has 0 radical (unpaired) electrons. The zero-order valence-corrected chi connectivity index (χ0v) is 26.5. The second-order valence-corrected chi connectivity index (χ2v) is 12.3. The van der Waals surface area contributed by atoms with Crippen molar-refractivity contribution in [3.05, 3.63) is 58.3 Å². The molecule has 3 aromatic rings. The van der Waals surface area contributed by atoms with Crippen LogP contribution in [0, 0.1) is 5.92 Å². The lowest BCUT2D eigenvalue weighted by Crippen LogP contribution is -2.50. The van der Waals surface area contributed by atoms with Gasteiger partial charge in [0.1, 0.15) is 0 Å². The lowest BCUT2D eigenvalue weighted by Gasteiger charge is -2.35. The lowest BCUT2D eigenvalue weighted by molar-refractivity contribution is -0.147. The average Bonchev–Trinajstić information content (AvgIpc) is 3.01. The van der Waals surface area contributed by atoms with E-state index in [2.05, 4.69) is 20.2 Å². The maximum atomic E-state index is 11.3. The number of piperidine rings is 1. The summed E-state index contributed by atoms with van der Waals surface area (Å²) in [7, 11) is 0. The molecule has 2 aliphatic heterocycles. The number of rotatable bonds is 11. The van der Waals surface area contributed by atoms with Crippen LogP contribution < -0.4 is 15.0 Å². The predicted molar refractivity (Wildman–Crippen MR) is 171 cm³/mol. The van der Waals surface area contributed by atoms with E-state index in [1.165, 1.54) is 0 Å². The van der Waals surface area contributed by atoms with Crippen molar-refractivity contribution in [3.63, 3.8) is 0 Å². The number of piperazine rings is 1. The molecule has 1 atom stereocenters. The van der Waals surface area contributed by atoms with Crippen LogP contribution in [0.5, 0.6) is 11.6 Å². The second kappa shape index (κ2) is 15.2. The first-order valence-corrected chi connectivity index (χ1v) is 15.7. The van der Waals surface area contributed by atoms with E-state index >= 15 is 0 Å². The Morgan fingerprint density at radius 3 is 2.27 bits per heavy atom. The van der Waals surface area contributed by atoms with Gasteiger partial charge in [-0.2, -0.15) is 0 Å². The fourth-order valence-corrected chi connectivity index (χ4v) is 6.07. The van der Waals surface area contributed by atoms with Crippen molar-refractivity contribution in [3.8, 4) is 22.9 Å². The number of hydrogen-bond donors (Lipinski definition) is 3. The van der Waals surface area contributed by atoms with Crippen LogP contribution in [0.15, 0.2) is 42.7 Å². The van der Waals surface area contributed by atoms with Gasteiger partial charge in [-0.15, -0.1) is 0 Å². The van der Waals surface area contributed by atoms with E-state index in [4.69, 9.17) is 38.0 Å². The molecule has 1 aromatic carbocycles. The Balaban J connectivity index is 1.27. The molecule has 0 saturated carbocycles. The Hall–Kier alpha value is -3.55. The highest BCUT2D eigenvalue weighted by Gasteiger charge is 2.24. The van der Waals surface area contributed by atoms with Gasteiger partial charge in [0.2, 0.25) is 17.7 Å². The molecule has 0 spiro atoms. The molecule has 5 rings (SSSR count). The molecular weight excluding hydrogens is 621 g/mol. The number of carbonyl (C=O) groups excluding carboxylic acids is 1. The van der Waals surface area contributed by atoms with Gasteiger partial charge in [0, 0.05) is 74.4 Å². The summed E-state index contributed by atoms with van der Waals surface area (Å²) in [6.45, 7) is 7.28. The van der Waals surface area contributed by atoms with E-state index in [9.17, 15) is 14.7 Å². The minimum Gasteiger partial charge on any atom is -0.479 e. The van der Waals surface area contributed by atoms with Crippen LogP contribution in [0.25, 0.3) is 11.3 Å². The van der Waals surface area contributed by atoms with E-state index in [-0.39, 0.29) is 12.5 Å². The summed E-state index contributed by atoms with van der Waals surface area (Å²) in [5.41, 5.74) is 2.47. The highest BCUT2D eigenvalue weighted by molar-refractivity contribution is 6.35. The number of carbonyl (C=O) groups is 2. The minimum atomic E-state index is -1.40. The molecule has 2 fully saturated rings. The Morgan fingerprint density at radius 1 is 0.978 bits per heavy atom. The van der Waals surface area contributed by atoms with Gasteiger partial charge in [0.05, 0.1) is 18.1 Å². The number of amides is 1. The number of β-amino-alcohol motifs (C(OH)–C–C–N with tert-alkyl or cyclic N) is 1. The largest absolute Gasteiger partial charge is 0.479 e. The van der Waals surface area contributed by atoms with Gasteiger partial charge >= 0.3 is 5.97 Å². The van der Waals surface area contributed by atoms with Gasteiger partial charge in [-0.1, -0.05) is 23.2 Å². The van der Waals surface area contributed by atoms with Crippen LogP contribution in [0.3, 0.4) is 0 Å². The van der Waals surface area contributed by atoms with Crippen molar-refractivity contribution in [1.29, 1.82) is 0 Å². The molecule has 14 heteroatoms. The Kier molecular flexibility index (Phi) is 11.1. The zero-order chi connectivity index (χ0) is 31.9. The molecule has 240 valence electrons. The van der Waals surface area contributed by atoms with E-state index in [0.29, 0.717) is 78.5 Å². The fraction of sp³-hybridized carbons (Fsp3) is 0.452. The number of aromatic nitrogens is 3. The number of aliphatic carboxylic acids is 1. The highest BCUT2D eigenvalue weighted by Crippen LogP contribution is 2.31. The number of halogens is 2. The molecular formula is C31H37Cl2N7O5. The smallest absolute Gasteiger partial charge is 0.333 e. The number of aliphatic hydroxyl groups excluding tert-OH is 1. The Labute approximate surface area is 271 Å². The first kappa shape index (κ1) is 32.8. The molecule has 2 aliphatic rings. The molecule has 0 aliphatic carbocycles. The number of pyridine rings is 1. The van der Waals surface area contributed by atoms with Crippen molar-refractivity contribution in [2.24, 2.45) is 5.92 Å². The molecule has 12 nitrogen and oxygen atoms in total. The lowest BCUT2D eigenvalue weighted by atomic mass is 9.96. The van der Waals surface area contributed by atoms with Gasteiger partial charge in [-0.05, 0) is 61.7 Å². The minimum absolute atomic E-state index is 0.00441. The van der Waals surface area contributed by atoms with Crippen molar-refractivity contribution in [1.82, 2.24) is 30.1 Å². The SMILES string of the molecule is CC(=O)NCC1CCN(Cc2cc(Oc3cnc(N4CCN(CC(O)C(=O)O)CC4)nc3)nc(-c3cc(Cl)cc(Cl)c3)c2)CC1. The van der Waals surface area contributed by atoms with Gasteiger partial charge in [0.25, 0.3) is 0 Å². The monoisotopic (exact) mass is 657 g/mol. The summed E-state index contributed by atoms with van der Waals surface area (Å²) >= 11 is 12.6. The third-order valence-corrected chi connectivity index (χ3v) is 8.42. The number of carboxylic acids is 1. The summed E-state index contributed by atoms with van der Waals surface area (Å²) in [6, 6.07) is 9.25. The number of aliphatic hydroxyl groups is 1. The van der Waals surface area contributed by atoms with Crippen molar-refractivity contribution in [2.75, 3.05) is 57.3 Å². The van der Waals surface area contributed by atoms with E-state index in [1.807, 2.05) is 34.1 Å². The van der Waals surface area contributed by atoms with Crippen LogP contribution in [-0.2, 0) is 16.1 Å². The number of hydrogen-bond acceptors (Lipinski definition) is 10. The first-order valence-electron chi connectivity index (χ1n) is 14.9. The third kappa shape index (κ3) is 9.47. The van der Waals surface area contributed by atoms with Gasteiger partial charge in [-0.3, -0.25) is 14.6 Å². The fourth-order valence-electron chi connectivity index (χ4n) is 5.55. The van der Waals surface area contributed by atoms with Crippen molar-refractivity contribution < 1.29 is 24.5 Å². The quantitative estimate of drug-likeness (QED) is 0.278. The standard InChI is InChI=1S/C31H37Cl2N7O5/c1-20(41)34-15-21-2-4-38(5-3-21)18-22-10-27(23-12-24(32)14-25(33)13-23)37-29(11-22)45-26-16-35-31(36-17-26)40-8-6-39(7-9-40)19-28(42)30(43)44/h10-14,16-17,21,28,42H,2-9,15,18-19H2,1H3,(H,34,41)(H,43,44). The predicted octanol–water partition coefficient (Wildman–Crippen LogP) is 3.55. The van der Waals surface area contributed by atoms with E-state index < -0.39 is 12.1 Å². The number of nitrogens with one attached hydrogen (secondary N) is 1. The molecule has 3 N–H and O–H groups in total. The van der Waals surface area contributed by atoms with Crippen LogP contribution in [-0.4, -0.2) is 105 Å². The molecule has 45 heavy (non-hydrogen) atoms. The molecule has 2 saturated heterocycles. The first-order chi connectivity index (χ1) is 21.6. The number of nitrogens with zero attached hydrogens (tertiary/aromatic N) is 6. The highest BCUT2D eigenvalue weighted by atomic mass is 35.5. The number of benzene rings is 1. The third-order valence-electron chi connectivity index (χ3n) is 7.98. The molecule has 4 heterocycles. The number of anilines is 1. The number of ether oxygens (including phenoxy) is 1. The molecule has 0 bridgehead atoms. The van der Waals surface area contributed by atoms with Crippen LogP contribution >= 0.6 is 23.2 Å². The summed E-state index contributed by atoms with van der Waals surface area (Å²) in [5, 5.41) is 22.5. The summed E-state index contributed by atoms with van der Waals surface area (Å²) in [5.74, 6) is 0.618. The molecule has 1 unspecified atom stereocenters. The van der Waals surface area contributed by atoms with Crippen LogP contribution in [0.2, 0.25) is 10.0 Å². The van der Waals surface area contributed by atoms with Gasteiger partial charge in [0.15, 0.2) is 11.9 Å². The molecule has 1 amide bonds. The summed E-state index contributed by atoms with van der Waals surface area (Å²) in [4.78, 5) is 42.3. The average molecular weight is 659 g/mol. The number of likely N-dealkylation sites (tertiary alicyclic amines) is 1. The molecule has 2 aromatic heterocycles. The Morgan fingerprint density at radius 2 is 1.64 bits per heavy atom. The summed E-state index contributed by atoms with van der Waals surface area (Å²) in [6.07, 6.45) is 3.82. The second-order valence-electron chi connectivity index (χ2n) is 11.5. The van der Waals surface area contributed by atoms with Crippen molar-refractivity contribution >= 4 is 41.0 Å². The topological polar surface area (TPSA) is 144 Å². The van der Waals surface area contributed by atoms with Crippen LogP contribution in [0.1, 0.15) is 25.3 Å². The van der Waals surface area contributed by atoms with Crippen LogP contribution in [0.4, 0.5) is 5.95 Å². The van der Waals surface area contributed by atoms with Gasteiger partial charge in [-0.25, -0.2) is 19.7 Å². The van der Waals surface area contributed by atoms with Gasteiger partial charge < -0.3 is 25.2 Å². The summed E-state index contributed by atoms with van der Waals surface area (Å²) < 4.78 is 6.16. The normalized spacial score (nSPS) is 17.2.